The third kappa shape index (κ3) is 7.08. The van der Waals surface area contributed by atoms with Crippen LogP contribution < -0.4 is 5.73 Å². The fourth-order valence-corrected chi connectivity index (χ4v) is 2.42. The van der Waals surface area contributed by atoms with Crippen LogP contribution in [0.15, 0.2) is 4.99 Å². The van der Waals surface area contributed by atoms with Crippen LogP contribution in [-0.4, -0.2) is 67.7 Å². The van der Waals surface area contributed by atoms with Crippen LogP contribution in [0.1, 0.15) is 27.7 Å². The average Bonchev–Trinajstić information content (AvgIpc) is 2.37. The van der Waals surface area contributed by atoms with E-state index in [1.807, 2.05) is 0 Å². The van der Waals surface area contributed by atoms with Gasteiger partial charge in [0, 0.05) is 32.7 Å². The third-order valence-electron chi connectivity index (χ3n) is 3.39. The first-order valence-electron chi connectivity index (χ1n) is 7.45. The molecule has 0 amide bonds. The lowest BCUT2D eigenvalue weighted by atomic mass is 10.2. The Bertz CT molecular complexity index is 282. The zero-order valence-electron chi connectivity index (χ0n) is 13.3. The highest BCUT2D eigenvalue weighted by molar-refractivity contribution is 14.0. The van der Waals surface area contributed by atoms with Crippen molar-refractivity contribution in [2.24, 2.45) is 16.6 Å². The minimum Gasteiger partial charge on any atom is -0.374 e. The van der Waals surface area contributed by atoms with Crippen molar-refractivity contribution < 1.29 is 4.74 Å². The fraction of sp³-hybridized carbons (Fsp3) is 0.929. The molecule has 1 fully saturated rings. The molecule has 0 bridgehead atoms. The molecule has 0 aromatic rings. The molecule has 0 aromatic heterocycles. The molecule has 2 N–H and O–H groups in total. The maximum absolute atomic E-state index is 5.98. The Morgan fingerprint density at radius 2 is 2.05 bits per heavy atom. The number of hydrogen-bond acceptors (Lipinski definition) is 3. The van der Waals surface area contributed by atoms with E-state index >= 15 is 0 Å². The summed E-state index contributed by atoms with van der Waals surface area (Å²) >= 11 is 0. The molecule has 0 saturated carbocycles. The summed E-state index contributed by atoms with van der Waals surface area (Å²) in [6, 6.07) is 0. The van der Waals surface area contributed by atoms with Crippen molar-refractivity contribution in [2.45, 2.75) is 33.8 Å². The maximum Gasteiger partial charge on any atom is 0.191 e. The topological polar surface area (TPSA) is 54.1 Å². The van der Waals surface area contributed by atoms with Gasteiger partial charge >= 0.3 is 0 Å². The van der Waals surface area contributed by atoms with Gasteiger partial charge in [0.2, 0.25) is 0 Å². The van der Waals surface area contributed by atoms with Gasteiger partial charge in [-0.1, -0.05) is 13.8 Å². The molecule has 1 aliphatic rings. The highest BCUT2D eigenvalue weighted by Crippen LogP contribution is 2.08. The van der Waals surface area contributed by atoms with Gasteiger partial charge in [-0.2, -0.15) is 0 Å². The number of ether oxygens (including phenoxy) is 1. The molecule has 1 heterocycles. The van der Waals surface area contributed by atoms with Gasteiger partial charge in [-0.05, 0) is 19.8 Å². The van der Waals surface area contributed by atoms with Gasteiger partial charge in [-0.3, -0.25) is 9.89 Å². The summed E-state index contributed by atoms with van der Waals surface area (Å²) in [4.78, 5) is 9.00. The molecule has 1 atom stereocenters. The van der Waals surface area contributed by atoms with Crippen molar-refractivity contribution >= 4 is 29.9 Å². The number of rotatable bonds is 6. The molecule has 1 saturated heterocycles. The molecule has 1 aliphatic heterocycles. The first-order valence-corrected chi connectivity index (χ1v) is 7.45. The molecule has 120 valence electrons. The lowest BCUT2D eigenvalue weighted by Gasteiger charge is -2.33. The molecule has 0 aliphatic carbocycles. The largest absolute Gasteiger partial charge is 0.374 e. The zero-order valence-corrected chi connectivity index (χ0v) is 15.7. The van der Waals surface area contributed by atoms with Crippen LogP contribution in [0.25, 0.3) is 0 Å². The van der Waals surface area contributed by atoms with E-state index in [4.69, 9.17) is 10.5 Å². The number of halogens is 1. The van der Waals surface area contributed by atoms with Crippen LogP contribution in [0.3, 0.4) is 0 Å². The molecule has 0 aromatic carbocycles. The molecular weight excluding hydrogens is 367 g/mol. The second-order valence-electron chi connectivity index (χ2n) is 5.52. The Morgan fingerprint density at radius 3 is 2.60 bits per heavy atom. The quantitative estimate of drug-likeness (QED) is 0.420. The first-order chi connectivity index (χ1) is 9.06. The summed E-state index contributed by atoms with van der Waals surface area (Å²) in [5.41, 5.74) is 5.98. The van der Waals surface area contributed by atoms with Gasteiger partial charge in [0.25, 0.3) is 0 Å². The third-order valence-corrected chi connectivity index (χ3v) is 3.39. The predicted molar refractivity (Wildman–Crippen MR) is 95.8 cm³/mol. The number of guanidine groups is 1. The number of aliphatic imine (C=N–C) groups is 1. The van der Waals surface area contributed by atoms with Crippen LogP contribution in [0.5, 0.6) is 0 Å². The van der Waals surface area contributed by atoms with Crippen LogP contribution in [-0.2, 0) is 4.74 Å². The molecule has 1 unspecified atom stereocenters. The highest BCUT2D eigenvalue weighted by atomic mass is 127. The van der Waals surface area contributed by atoms with E-state index in [0.29, 0.717) is 18.4 Å². The minimum atomic E-state index is 0. The van der Waals surface area contributed by atoms with Crippen molar-refractivity contribution in [3.63, 3.8) is 0 Å². The van der Waals surface area contributed by atoms with Crippen LogP contribution >= 0.6 is 24.0 Å². The van der Waals surface area contributed by atoms with Crippen molar-refractivity contribution in [1.29, 1.82) is 0 Å². The number of morpholine rings is 1. The summed E-state index contributed by atoms with van der Waals surface area (Å²) in [6.07, 6.45) is 0.182. The Kier molecular flexibility index (Phi) is 10.6. The van der Waals surface area contributed by atoms with Gasteiger partial charge < -0.3 is 15.4 Å². The Balaban J connectivity index is 0.00000361. The lowest BCUT2D eigenvalue weighted by molar-refractivity contribution is -0.0262. The van der Waals surface area contributed by atoms with Gasteiger partial charge in [0.05, 0.1) is 19.3 Å². The number of nitrogens with zero attached hydrogens (tertiary/aromatic N) is 3. The maximum atomic E-state index is 5.98. The van der Waals surface area contributed by atoms with E-state index in [9.17, 15) is 0 Å². The van der Waals surface area contributed by atoms with Crippen molar-refractivity contribution in [3.05, 3.63) is 0 Å². The zero-order chi connectivity index (χ0) is 14.3. The smallest absolute Gasteiger partial charge is 0.191 e. The normalized spacial score (nSPS) is 20.9. The van der Waals surface area contributed by atoms with E-state index in [0.717, 1.165) is 39.3 Å². The SMILES string of the molecule is CCN(CC)C(N)=NCC1CN(CC(C)C)CCO1.I. The van der Waals surface area contributed by atoms with Gasteiger partial charge in [0.15, 0.2) is 5.96 Å². The Morgan fingerprint density at radius 1 is 1.40 bits per heavy atom. The second-order valence-corrected chi connectivity index (χ2v) is 5.52. The van der Waals surface area contributed by atoms with Gasteiger partial charge in [-0.25, -0.2) is 0 Å². The summed E-state index contributed by atoms with van der Waals surface area (Å²) < 4.78 is 5.76. The van der Waals surface area contributed by atoms with E-state index in [1.165, 1.54) is 0 Å². The summed E-state index contributed by atoms with van der Waals surface area (Å²) in [5.74, 6) is 1.33. The summed E-state index contributed by atoms with van der Waals surface area (Å²) in [7, 11) is 0. The van der Waals surface area contributed by atoms with Crippen molar-refractivity contribution in [3.8, 4) is 0 Å². The summed E-state index contributed by atoms with van der Waals surface area (Å²) in [5, 5.41) is 0. The molecule has 0 radical (unpaired) electrons. The van der Waals surface area contributed by atoms with E-state index in [-0.39, 0.29) is 30.1 Å². The van der Waals surface area contributed by atoms with Gasteiger partial charge in [0.1, 0.15) is 0 Å². The van der Waals surface area contributed by atoms with Crippen molar-refractivity contribution in [2.75, 3.05) is 45.9 Å². The monoisotopic (exact) mass is 398 g/mol. The van der Waals surface area contributed by atoms with E-state index in [2.05, 4.69) is 42.5 Å². The molecule has 1 rings (SSSR count). The second kappa shape index (κ2) is 10.6. The van der Waals surface area contributed by atoms with E-state index < -0.39 is 0 Å². The average molecular weight is 398 g/mol. The van der Waals surface area contributed by atoms with Crippen molar-refractivity contribution in [1.82, 2.24) is 9.80 Å². The predicted octanol–water partition coefficient (Wildman–Crippen LogP) is 1.62. The first kappa shape index (κ1) is 19.9. The minimum absolute atomic E-state index is 0. The fourth-order valence-electron chi connectivity index (χ4n) is 2.42. The Hall–Kier alpha value is -0.0800. The van der Waals surface area contributed by atoms with Crippen LogP contribution in [0.4, 0.5) is 0 Å². The molecule has 6 heteroatoms. The standard InChI is InChI=1S/C14H30N4O.HI/c1-5-18(6-2)14(15)16-9-13-11-17(7-8-19-13)10-12(3)4;/h12-13H,5-11H2,1-4H3,(H2,15,16);1H. The number of nitrogens with two attached hydrogens (primary N) is 1. The van der Waals surface area contributed by atoms with E-state index in [1.54, 1.807) is 0 Å². The molecule has 20 heavy (non-hydrogen) atoms. The van der Waals surface area contributed by atoms with Crippen LogP contribution in [0.2, 0.25) is 0 Å². The summed E-state index contributed by atoms with van der Waals surface area (Å²) in [6.45, 7) is 15.1. The lowest BCUT2D eigenvalue weighted by Crippen LogP contribution is -2.45. The molecule has 5 nitrogen and oxygen atoms in total. The highest BCUT2D eigenvalue weighted by Gasteiger charge is 2.20. The van der Waals surface area contributed by atoms with Gasteiger partial charge in [-0.15, -0.1) is 24.0 Å². The van der Waals surface area contributed by atoms with Crippen LogP contribution in [0, 0.1) is 5.92 Å². The molecular formula is C14H31IN4O. The number of hydrogen-bond donors (Lipinski definition) is 1. The molecule has 0 spiro atoms. The Labute approximate surface area is 140 Å².